The van der Waals surface area contributed by atoms with Gasteiger partial charge in [0.05, 0.1) is 18.6 Å². The molecule has 0 radical (unpaired) electrons. The number of aliphatic hydroxyl groups is 2. The molecule has 0 spiro atoms. The van der Waals surface area contributed by atoms with Crippen LogP contribution in [0.5, 0.6) is 0 Å². The summed E-state index contributed by atoms with van der Waals surface area (Å²) in [5.41, 5.74) is -2.37. The molecule has 2 saturated heterocycles. The minimum Gasteiger partial charge on any atom is -0.455 e. The van der Waals surface area contributed by atoms with Gasteiger partial charge in [0, 0.05) is 31.7 Å². The van der Waals surface area contributed by atoms with Gasteiger partial charge in [0.2, 0.25) is 0 Å². The summed E-state index contributed by atoms with van der Waals surface area (Å²) in [7, 11) is -0.980. The lowest BCUT2D eigenvalue weighted by Crippen LogP contribution is -2.75. The highest BCUT2D eigenvalue weighted by Crippen LogP contribution is 2.70. The van der Waals surface area contributed by atoms with Crippen molar-refractivity contribution in [3.63, 3.8) is 0 Å². The van der Waals surface area contributed by atoms with E-state index in [-0.39, 0.29) is 30.1 Å². The van der Waals surface area contributed by atoms with Crippen LogP contribution >= 0.6 is 0 Å². The fourth-order valence-corrected chi connectivity index (χ4v) is 14.4. The van der Waals surface area contributed by atoms with Crippen molar-refractivity contribution in [1.82, 2.24) is 0 Å². The van der Waals surface area contributed by atoms with Gasteiger partial charge >= 0.3 is 5.97 Å². The van der Waals surface area contributed by atoms with Gasteiger partial charge in [0.1, 0.15) is 11.7 Å². The van der Waals surface area contributed by atoms with E-state index >= 15 is 0 Å². The lowest BCUT2D eigenvalue weighted by Gasteiger charge is -2.64. The predicted molar refractivity (Wildman–Crippen MR) is 207 cm³/mol. The zero-order chi connectivity index (χ0) is 38.0. The molecular weight excluding hydrogens is 673 g/mol. The second-order valence-corrected chi connectivity index (χ2v) is 21.9. The summed E-state index contributed by atoms with van der Waals surface area (Å²) >= 11 is 0. The highest BCUT2D eigenvalue weighted by Gasteiger charge is 2.81. The maximum absolute atomic E-state index is 13.8. The molecule has 0 aromatic heterocycles. The third-order valence-corrected chi connectivity index (χ3v) is 17.1. The number of carbonyl (C=O) groups excluding carboxylic acids is 1. The Morgan fingerprint density at radius 1 is 0.981 bits per heavy atom. The van der Waals surface area contributed by atoms with Crippen molar-refractivity contribution in [2.45, 2.75) is 128 Å². The van der Waals surface area contributed by atoms with Gasteiger partial charge < -0.3 is 33.6 Å². The molecule has 288 valence electrons. The number of fused-ring (bicyclic) bond motifs is 1. The van der Waals surface area contributed by atoms with E-state index in [2.05, 4.69) is 101 Å². The molecule has 0 bridgehead atoms. The van der Waals surface area contributed by atoms with Gasteiger partial charge in [-0.2, -0.15) is 0 Å². The minimum atomic E-state index is -2.55. The van der Waals surface area contributed by atoms with Crippen LogP contribution in [0.3, 0.4) is 0 Å². The first-order valence-corrected chi connectivity index (χ1v) is 21.2. The Morgan fingerprint density at radius 2 is 1.60 bits per heavy atom. The van der Waals surface area contributed by atoms with E-state index in [1.54, 1.807) is 7.11 Å². The molecule has 1 saturated carbocycles. The van der Waals surface area contributed by atoms with Crippen LogP contribution in [0, 0.1) is 23.2 Å². The van der Waals surface area contributed by atoms with Gasteiger partial charge in [-0.25, -0.2) is 0 Å². The quantitative estimate of drug-likeness (QED) is 0.0816. The third kappa shape index (κ3) is 7.36. The van der Waals surface area contributed by atoms with Gasteiger partial charge in [0.15, 0.2) is 11.4 Å². The maximum atomic E-state index is 13.8. The number of hydrogen-bond donors (Lipinski definition) is 2. The van der Waals surface area contributed by atoms with Crippen molar-refractivity contribution in [2.75, 3.05) is 26.9 Å². The fourth-order valence-electron chi connectivity index (χ4n) is 9.80. The second-order valence-electron chi connectivity index (χ2n) is 17.6. The number of methoxy groups -OCH3 is 1. The number of allylic oxidation sites excluding steroid dienone is 1. The zero-order valence-corrected chi connectivity index (χ0v) is 34.0. The number of esters is 1. The van der Waals surface area contributed by atoms with Crippen LogP contribution in [0.1, 0.15) is 93.9 Å². The van der Waals surface area contributed by atoms with Crippen LogP contribution in [0.15, 0.2) is 72.8 Å². The molecule has 5 rings (SSSR count). The van der Waals surface area contributed by atoms with Gasteiger partial charge in [-0.3, -0.25) is 4.79 Å². The lowest BCUT2D eigenvalue weighted by molar-refractivity contribution is -0.302. The minimum absolute atomic E-state index is 0.0168. The smallest absolute Gasteiger partial charge is 0.312 e. The number of rotatable bonds is 17. The van der Waals surface area contributed by atoms with Gasteiger partial charge in [-0.1, -0.05) is 121 Å². The number of benzene rings is 2. The van der Waals surface area contributed by atoms with Crippen LogP contribution < -0.4 is 10.4 Å². The Morgan fingerprint density at radius 3 is 2.10 bits per heavy atom. The molecule has 3 aliphatic rings. The van der Waals surface area contributed by atoms with Crippen molar-refractivity contribution in [2.24, 2.45) is 23.2 Å². The topological polar surface area (TPSA) is 104 Å². The van der Waals surface area contributed by atoms with E-state index in [1.165, 1.54) is 10.4 Å². The van der Waals surface area contributed by atoms with Crippen LogP contribution in [0.4, 0.5) is 0 Å². The molecule has 2 aromatic carbocycles. The Bertz CT molecular complexity index is 1460. The van der Waals surface area contributed by atoms with Crippen LogP contribution in [0.2, 0.25) is 5.04 Å². The molecule has 2 N–H and O–H groups in total. The van der Waals surface area contributed by atoms with Crippen molar-refractivity contribution in [3.8, 4) is 0 Å². The van der Waals surface area contributed by atoms with Crippen molar-refractivity contribution >= 4 is 24.7 Å². The van der Waals surface area contributed by atoms with E-state index in [0.29, 0.717) is 19.4 Å². The lowest BCUT2D eigenvalue weighted by atomic mass is 9.44. The summed E-state index contributed by atoms with van der Waals surface area (Å²) in [6.45, 7) is 17.7. The van der Waals surface area contributed by atoms with Crippen LogP contribution in [-0.4, -0.2) is 80.6 Å². The average molecular weight is 737 g/mol. The molecule has 1 unspecified atom stereocenters. The number of ether oxygens (including phenoxy) is 4. The van der Waals surface area contributed by atoms with E-state index in [0.717, 1.165) is 25.7 Å². The molecule has 2 aliphatic heterocycles. The summed E-state index contributed by atoms with van der Waals surface area (Å²) in [6, 6.07) is 21.5. The van der Waals surface area contributed by atoms with Gasteiger partial charge in [0.25, 0.3) is 8.32 Å². The molecular formula is C43H64O8Si. The Balaban J connectivity index is 1.21. The van der Waals surface area contributed by atoms with Crippen LogP contribution in [0.25, 0.3) is 0 Å². The standard InChI is InChI=1S/C43H64O8Si/c1-31(29-44)27-42(30-48-41(7,8)51-42)43-34(28-40(43,5)6)36(38(46)50-43)37(45)35(47-9)25-19-11-10-12-20-26-49-52(39(2,3)4,32-21-15-13-16-22-32)33-23-17-14-18-24-33/h13-19,21-25,31,34-37,44-45H,10-12,20,26-30H2,1-9H3/b25-19+/t31-,34-,35-,36+,37+,42?,43+/m0/s1. The Hall–Kier alpha value is -2.37. The molecule has 7 atom stereocenters. The SMILES string of the molecule is CO[C@@H](/C=C/CCCCCO[Si](c1ccccc1)(c1ccccc1)C(C)(C)C)[C@@H](O)[C@@H]1C(=O)O[C@]2(C3(C[C@H](C)CO)COC(C)(C)O3)[C@H]1CC2(C)C. The number of aliphatic hydroxyl groups excluding tert-OH is 2. The summed E-state index contributed by atoms with van der Waals surface area (Å²) in [5, 5.41) is 24.3. The molecule has 0 amide bonds. The van der Waals surface area contributed by atoms with Crippen LogP contribution in [-0.2, 0) is 28.2 Å². The van der Waals surface area contributed by atoms with Gasteiger partial charge in [-0.05, 0) is 67.3 Å². The zero-order valence-electron chi connectivity index (χ0n) is 33.0. The number of hydrogen-bond acceptors (Lipinski definition) is 8. The second kappa shape index (κ2) is 15.8. The molecule has 8 nitrogen and oxygen atoms in total. The van der Waals surface area contributed by atoms with E-state index < -0.39 is 54.8 Å². The number of unbranched alkanes of at least 4 members (excludes halogenated alkanes) is 3. The summed E-state index contributed by atoms with van der Waals surface area (Å²) in [6.07, 6.45) is 7.10. The number of carbonyl (C=O) groups is 1. The summed E-state index contributed by atoms with van der Waals surface area (Å²) < 4.78 is 32.1. The maximum Gasteiger partial charge on any atom is 0.312 e. The normalized spacial score (nSPS) is 28.6. The monoisotopic (exact) mass is 736 g/mol. The van der Waals surface area contributed by atoms with E-state index in [1.807, 2.05) is 26.8 Å². The Kier molecular flexibility index (Phi) is 12.4. The molecule has 2 aromatic rings. The van der Waals surface area contributed by atoms with Crippen molar-refractivity contribution < 1.29 is 38.4 Å². The van der Waals surface area contributed by atoms with Gasteiger partial charge in [-0.15, -0.1) is 0 Å². The summed E-state index contributed by atoms with van der Waals surface area (Å²) in [5.74, 6) is -2.44. The summed E-state index contributed by atoms with van der Waals surface area (Å²) in [4.78, 5) is 13.8. The first-order valence-electron chi connectivity index (χ1n) is 19.3. The first-order chi connectivity index (χ1) is 24.5. The molecule has 3 fully saturated rings. The van der Waals surface area contributed by atoms with E-state index in [9.17, 15) is 15.0 Å². The predicted octanol–water partition coefficient (Wildman–Crippen LogP) is 6.55. The largest absolute Gasteiger partial charge is 0.455 e. The highest BCUT2D eigenvalue weighted by molar-refractivity contribution is 6.99. The molecule has 1 aliphatic carbocycles. The molecule has 2 heterocycles. The first kappa shape index (κ1) is 40.8. The average Bonchev–Trinajstić information content (AvgIpc) is 3.56. The molecule has 52 heavy (non-hydrogen) atoms. The van der Waals surface area contributed by atoms with Crippen molar-refractivity contribution in [3.05, 3.63) is 72.8 Å². The molecule has 9 heteroatoms. The van der Waals surface area contributed by atoms with Crippen molar-refractivity contribution in [1.29, 1.82) is 0 Å². The fraction of sp³-hybridized carbons (Fsp3) is 0.651. The van der Waals surface area contributed by atoms with E-state index in [4.69, 9.17) is 23.4 Å². The Labute approximate surface area is 313 Å². The third-order valence-electron chi connectivity index (χ3n) is 12.0. The highest BCUT2D eigenvalue weighted by atomic mass is 28.4.